The number of piperazine rings is 1. The lowest BCUT2D eigenvalue weighted by Gasteiger charge is -2.34. The van der Waals surface area contributed by atoms with Gasteiger partial charge in [0.05, 0.1) is 12.0 Å². The molecular weight excluding hydrogens is 422 g/mol. The highest BCUT2D eigenvalue weighted by atomic mass is 32.1. The second kappa shape index (κ2) is 8.80. The second-order valence-electron chi connectivity index (χ2n) is 7.49. The van der Waals surface area contributed by atoms with Gasteiger partial charge in [0.2, 0.25) is 0 Å². The van der Waals surface area contributed by atoms with E-state index in [1.807, 2.05) is 60.7 Å². The number of furan rings is 1. The van der Waals surface area contributed by atoms with E-state index in [9.17, 15) is 9.59 Å². The minimum Gasteiger partial charge on any atom is -0.459 e. The van der Waals surface area contributed by atoms with Gasteiger partial charge >= 0.3 is 0 Å². The Kier molecular flexibility index (Phi) is 5.56. The summed E-state index contributed by atoms with van der Waals surface area (Å²) in [7, 11) is 0. The lowest BCUT2D eigenvalue weighted by atomic mass is 10.1. The van der Waals surface area contributed by atoms with E-state index in [-0.39, 0.29) is 11.8 Å². The molecule has 0 atom stereocenters. The van der Waals surface area contributed by atoms with E-state index in [1.54, 1.807) is 21.9 Å². The zero-order chi connectivity index (χ0) is 21.9. The van der Waals surface area contributed by atoms with Crippen LogP contribution in [0.3, 0.4) is 0 Å². The molecule has 5 rings (SSSR count). The molecule has 0 spiro atoms. The molecule has 0 saturated carbocycles. The lowest BCUT2D eigenvalue weighted by molar-refractivity contribution is 0.0521. The van der Waals surface area contributed by atoms with Crippen LogP contribution in [-0.4, -0.2) is 52.8 Å². The van der Waals surface area contributed by atoms with Crippen molar-refractivity contribution in [2.45, 2.75) is 0 Å². The van der Waals surface area contributed by atoms with Crippen molar-refractivity contribution >= 4 is 23.2 Å². The Balaban J connectivity index is 1.40. The minimum atomic E-state index is -0.142. The molecule has 160 valence electrons. The molecule has 2 aromatic heterocycles. The maximum atomic E-state index is 13.5. The third kappa shape index (κ3) is 3.94. The summed E-state index contributed by atoms with van der Waals surface area (Å²) >= 11 is 1.42. The molecular formula is C25H21N3O3S. The third-order valence-electron chi connectivity index (χ3n) is 5.48. The SMILES string of the molecule is O=C(c1ccco1)N1CCN(C(=O)c2sc(-c3ccccc3)nc2-c2ccccc2)CC1. The van der Waals surface area contributed by atoms with Crippen LogP contribution in [-0.2, 0) is 0 Å². The molecule has 1 aliphatic heterocycles. The molecule has 32 heavy (non-hydrogen) atoms. The van der Waals surface area contributed by atoms with Crippen molar-refractivity contribution in [2.75, 3.05) is 26.2 Å². The Bertz CT molecular complexity index is 1210. The number of nitrogens with zero attached hydrogens (tertiary/aromatic N) is 3. The van der Waals surface area contributed by atoms with Crippen LogP contribution in [0.15, 0.2) is 83.5 Å². The maximum absolute atomic E-state index is 13.5. The van der Waals surface area contributed by atoms with Gasteiger partial charge in [0, 0.05) is 37.3 Å². The third-order valence-corrected chi connectivity index (χ3v) is 6.57. The molecule has 0 N–H and O–H groups in total. The van der Waals surface area contributed by atoms with Crippen LogP contribution in [0, 0.1) is 0 Å². The fraction of sp³-hybridized carbons (Fsp3) is 0.160. The summed E-state index contributed by atoms with van der Waals surface area (Å²) in [6.07, 6.45) is 1.49. The van der Waals surface area contributed by atoms with Gasteiger partial charge in [0.15, 0.2) is 5.76 Å². The van der Waals surface area contributed by atoms with Crippen molar-refractivity contribution in [1.29, 1.82) is 0 Å². The number of rotatable bonds is 4. The van der Waals surface area contributed by atoms with E-state index in [0.717, 1.165) is 16.1 Å². The van der Waals surface area contributed by atoms with Crippen LogP contribution in [0.1, 0.15) is 20.2 Å². The molecule has 0 aliphatic carbocycles. The first kappa shape index (κ1) is 20.2. The summed E-state index contributed by atoms with van der Waals surface area (Å²) in [5, 5.41) is 0.819. The molecule has 0 unspecified atom stereocenters. The van der Waals surface area contributed by atoms with Crippen LogP contribution < -0.4 is 0 Å². The molecule has 1 fully saturated rings. The fourth-order valence-electron chi connectivity index (χ4n) is 3.77. The predicted molar refractivity (Wildman–Crippen MR) is 124 cm³/mol. The molecule has 2 aromatic carbocycles. The number of hydrogen-bond acceptors (Lipinski definition) is 5. The predicted octanol–water partition coefficient (Wildman–Crippen LogP) is 4.67. The van der Waals surface area contributed by atoms with E-state index in [0.29, 0.717) is 42.5 Å². The normalized spacial score (nSPS) is 13.9. The zero-order valence-corrected chi connectivity index (χ0v) is 18.1. The standard InChI is InChI=1S/C25H21N3O3S/c29-24(20-12-7-17-31-20)27-13-15-28(16-14-27)25(30)22-21(18-8-3-1-4-9-18)26-23(32-22)19-10-5-2-6-11-19/h1-12,17H,13-16H2. The first-order valence-corrected chi connectivity index (χ1v) is 11.3. The summed E-state index contributed by atoms with van der Waals surface area (Å²) in [6, 6.07) is 23.1. The highest BCUT2D eigenvalue weighted by Gasteiger charge is 2.29. The highest BCUT2D eigenvalue weighted by molar-refractivity contribution is 7.17. The van der Waals surface area contributed by atoms with Crippen LogP contribution in [0.25, 0.3) is 21.8 Å². The van der Waals surface area contributed by atoms with E-state index >= 15 is 0 Å². The lowest BCUT2D eigenvalue weighted by Crippen LogP contribution is -2.50. The monoisotopic (exact) mass is 443 g/mol. The van der Waals surface area contributed by atoms with Gasteiger partial charge in [-0.25, -0.2) is 4.98 Å². The molecule has 0 bridgehead atoms. The number of benzene rings is 2. The van der Waals surface area contributed by atoms with Crippen LogP contribution in [0.2, 0.25) is 0 Å². The summed E-state index contributed by atoms with van der Waals surface area (Å²) < 4.78 is 5.22. The Hall–Kier alpha value is -3.71. The summed E-state index contributed by atoms with van der Waals surface area (Å²) in [5.74, 6) is 0.135. The van der Waals surface area contributed by atoms with E-state index < -0.39 is 0 Å². The first-order chi connectivity index (χ1) is 15.7. The van der Waals surface area contributed by atoms with Crippen molar-refractivity contribution in [1.82, 2.24) is 14.8 Å². The Morgan fingerprint density at radius 3 is 1.94 bits per heavy atom. The Morgan fingerprint density at radius 2 is 1.34 bits per heavy atom. The second-order valence-corrected chi connectivity index (χ2v) is 8.49. The number of hydrogen-bond donors (Lipinski definition) is 0. The molecule has 3 heterocycles. The molecule has 2 amide bonds. The van der Waals surface area contributed by atoms with Crippen molar-refractivity contribution < 1.29 is 14.0 Å². The Labute approximate surface area is 189 Å². The molecule has 6 nitrogen and oxygen atoms in total. The van der Waals surface area contributed by atoms with Crippen molar-refractivity contribution in [3.63, 3.8) is 0 Å². The van der Waals surface area contributed by atoms with Gasteiger partial charge in [-0.2, -0.15) is 0 Å². The summed E-state index contributed by atoms with van der Waals surface area (Å²) in [5.41, 5.74) is 2.61. The van der Waals surface area contributed by atoms with E-state index in [1.165, 1.54) is 17.6 Å². The van der Waals surface area contributed by atoms with E-state index in [4.69, 9.17) is 9.40 Å². The summed E-state index contributed by atoms with van der Waals surface area (Å²) in [4.78, 5) is 35.0. The average molecular weight is 444 g/mol. The number of carbonyl (C=O) groups is 2. The molecule has 0 radical (unpaired) electrons. The Morgan fingerprint density at radius 1 is 0.750 bits per heavy atom. The van der Waals surface area contributed by atoms with Crippen molar-refractivity contribution in [3.05, 3.63) is 89.7 Å². The smallest absolute Gasteiger partial charge is 0.289 e. The van der Waals surface area contributed by atoms with Crippen molar-refractivity contribution in [3.8, 4) is 21.8 Å². The first-order valence-electron chi connectivity index (χ1n) is 10.4. The van der Waals surface area contributed by atoms with Crippen LogP contribution >= 0.6 is 11.3 Å². The minimum absolute atomic E-state index is 0.0476. The topological polar surface area (TPSA) is 66.7 Å². The number of thiazole rings is 1. The largest absolute Gasteiger partial charge is 0.459 e. The molecule has 1 aliphatic rings. The number of aromatic nitrogens is 1. The number of amides is 2. The van der Waals surface area contributed by atoms with Gasteiger partial charge in [0.25, 0.3) is 11.8 Å². The van der Waals surface area contributed by atoms with Crippen LogP contribution in [0.5, 0.6) is 0 Å². The average Bonchev–Trinajstić information content (AvgIpc) is 3.55. The van der Waals surface area contributed by atoms with Gasteiger partial charge in [-0.3, -0.25) is 9.59 Å². The molecule has 1 saturated heterocycles. The molecule has 7 heteroatoms. The quantitative estimate of drug-likeness (QED) is 0.460. The van der Waals surface area contributed by atoms with Gasteiger partial charge < -0.3 is 14.2 Å². The van der Waals surface area contributed by atoms with Gasteiger partial charge in [-0.05, 0) is 12.1 Å². The number of carbonyl (C=O) groups excluding carboxylic acids is 2. The zero-order valence-electron chi connectivity index (χ0n) is 17.3. The highest BCUT2D eigenvalue weighted by Crippen LogP contribution is 2.34. The van der Waals surface area contributed by atoms with Crippen LogP contribution in [0.4, 0.5) is 0 Å². The fourth-order valence-corrected chi connectivity index (χ4v) is 4.83. The maximum Gasteiger partial charge on any atom is 0.289 e. The van der Waals surface area contributed by atoms with Crippen molar-refractivity contribution in [2.24, 2.45) is 0 Å². The van der Waals surface area contributed by atoms with Gasteiger partial charge in [-0.15, -0.1) is 11.3 Å². The molecule has 4 aromatic rings. The summed E-state index contributed by atoms with van der Waals surface area (Å²) in [6.45, 7) is 1.88. The van der Waals surface area contributed by atoms with E-state index in [2.05, 4.69) is 0 Å². The van der Waals surface area contributed by atoms with Gasteiger partial charge in [-0.1, -0.05) is 60.7 Å². The van der Waals surface area contributed by atoms with Gasteiger partial charge in [0.1, 0.15) is 9.88 Å².